The van der Waals surface area contributed by atoms with Crippen molar-refractivity contribution in [3.05, 3.63) is 35.6 Å². The summed E-state index contributed by atoms with van der Waals surface area (Å²) >= 11 is 0. The van der Waals surface area contributed by atoms with Crippen LogP contribution in [0.5, 0.6) is 0 Å². The van der Waals surface area contributed by atoms with E-state index in [-0.39, 0.29) is 18.2 Å². The van der Waals surface area contributed by atoms with Gasteiger partial charge >= 0.3 is 0 Å². The van der Waals surface area contributed by atoms with Gasteiger partial charge in [0.25, 0.3) is 0 Å². The van der Waals surface area contributed by atoms with Crippen molar-refractivity contribution in [2.45, 2.75) is 12.8 Å². The third-order valence-electron chi connectivity index (χ3n) is 1.56. The maximum Gasteiger partial charge on any atom is 0.123 e. The minimum Gasteiger partial charge on any atom is -0.330 e. The van der Waals surface area contributed by atoms with Gasteiger partial charge in [-0.1, -0.05) is 12.1 Å². The Labute approximate surface area is 78.2 Å². The summed E-state index contributed by atoms with van der Waals surface area (Å²) in [5, 5.41) is 0. The van der Waals surface area contributed by atoms with E-state index in [1.165, 1.54) is 6.07 Å². The summed E-state index contributed by atoms with van der Waals surface area (Å²) in [6.07, 6.45) is 1.79. The highest BCUT2D eigenvalue weighted by Gasteiger charge is 1.93. The molecule has 68 valence electrons. The molecule has 1 nitrogen and oxygen atoms in total. The molecule has 0 atom stereocenters. The van der Waals surface area contributed by atoms with E-state index in [0.29, 0.717) is 6.54 Å². The van der Waals surface area contributed by atoms with Crippen LogP contribution in [-0.2, 0) is 6.42 Å². The lowest BCUT2D eigenvalue weighted by molar-refractivity contribution is 0.624. The molecule has 0 unspecified atom stereocenters. The average Bonchev–Trinajstić information content (AvgIpc) is 2.01. The van der Waals surface area contributed by atoms with Crippen LogP contribution in [0.1, 0.15) is 12.0 Å². The van der Waals surface area contributed by atoms with E-state index in [1.807, 2.05) is 6.07 Å². The molecule has 1 aromatic carbocycles. The Hall–Kier alpha value is -0.600. The van der Waals surface area contributed by atoms with Crippen molar-refractivity contribution >= 4 is 12.4 Å². The highest BCUT2D eigenvalue weighted by atomic mass is 35.5. The average molecular weight is 190 g/mol. The second-order valence-electron chi connectivity index (χ2n) is 2.52. The van der Waals surface area contributed by atoms with E-state index in [2.05, 4.69) is 0 Å². The van der Waals surface area contributed by atoms with Crippen molar-refractivity contribution in [3.8, 4) is 0 Å². The smallest absolute Gasteiger partial charge is 0.123 e. The van der Waals surface area contributed by atoms with Gasteiger partial charge in [0.2, 0.25) is 0 Å². The van der Waals surface area contributed by atoms with Crippen molar-refractivity contribution in [3.63, 3.8) is 0 Å². The third kappa shape index (κ3) is 3.69. The summed E-state index contributed by atoms with van der Waals surface area (Å²) in [4.78, 5) is 0. The van der Waals surface area contributed by atoms with Gasteiger partial charge in [0.05, 0.1) is 0 Å². The molecule has 0 bridgehead atoms. The van der Waals surface area contributed by atoms with E-state index in [1.54, 1.807) is 12.1 Å². The summed E-state index contributed by atoms with van der Waals surface area (Å²) in [6.45, 7) is 0.663. The molecule has 3 heteroatoms. The molecule has 0 aromatic heterocycles. The Morgan fingerprint density at radius 1 is 1.33 bits per heavy atom. The Morgan fingerprint density at radius 3 is 2.67 bits per heavy atom. The molecule has 0 radical (unpaired) electrons. The minimum atomic E-state index is -0.167. The van der Waals surface area contributed by atoms with Crippen LogP contribution < -0.4 is 5.73 Å². The largest absolute Gasteiger partial charge is 0.330 e. The van der Waals surface area contributed by atoms with Crippen LogP contribution in [0.15, 0.2) is 24.3 Å². The molecule has 0 aliphatic carbocycles. The molecule has 0 saturated heterocycles. The van der Waals surface area contributed by atoms with Crippen LogP contribution in [0.4, 0.5) is 4.39 Å². The standard InChI is InChI=1S/C9H12FN.ClH/c10-9-5-1-3-8(7-9)4-2-6-11;/h1,3,5,7H,2,4,6,11H2;1H. The zero-order valence-corrected chi connectivity index (χ0v) is 7.61. The van der Waals surface area contributed by atoms with E-state index in [0.717, 1.165) is 18.4 Å². The Balaban J connectivity index is 0.00000121. The highest BCUT2D eigenvalue weighted by molar-refractivity contribution is 5.85. The van der Waals surface area contributed by atoms with Gasteiger partial charge in [-0.2, -0.15) is 0 Å². The van der Waals surface area contributed by atoms with E-state index >= 15 is 0 Å². The van der Waals surface area contributed by atoms with Crippen LogP contribution in [0.3, 0.4) is 0 Å². The van der Waals surface area contributed by atoms with Crippen molar-refractivity contribution in [1.29, 1.82) is 0 Å². The quantitative estimate of drug-likeness (QED) is 0.775. The first-order valence-corrected chi connectivity index (χ1v) is 3.77. The maximum atomic E-state index is 12.6. The van der Waals surface area contributed by atoms with Crippen molar-refractivity contribution in [2.24, 2.45) is 5.73 Å². The molecule has 0 spiro atoms. The number of benzene rings is 1. The number of nitrogens with two attached hydrogens (primary N) is 1. The monoisotopic (exact) mass is 189 g/mol. The molecule has 0 aliphatic heterocycles. The summed E-state index contributed by atoms with van der Waals surface area (Å²) < 4.78 is 12.6. The van der Waals surface area contributed by atoms with Gasteiger partial charge < -0.3 is 5.73 Å². The predicted molar refractivity (Wildman–Crippen MR) is 51.0 cm³/mol. The van der Waals surface area contributed by atoms with Crippen molar-refractivity contribution < 1.29 is 4.39 Å². The summed E-state index contributed by atoms with van der Waals surface area (Å²) in [6, 6.07) is 6.64. The molecule has 0 amide bonds. The fraction of sp³-hybridized carbons (Fsp3) is 0.333. The molecule has 1 rings (SSSR count). The van der Waals surface area contributed by atoms with Gasteiger partial charge in [0.1, 0.15) is 5.82 Å². The zero-order chi connectivity index (χ0) is 8.10. The molecule has 0 saturated carbocycles. The van der Waals surface area contributed by atoms with Gasteiger partial charge in [0.15, 0.2) is 0 Å². The normalized spacial score (nSPS) is 9.17. The van der Waals surface area contributed by atoms with Crippen LogP contribution >= 0.6 is 12.4 Å². The van der Waals surface area contributed by atoms with Gasteiger partial charge in [-0.3, -0.25) is 0 Å². The maximum absolute atomic E-state index is 12.6. The fourth-order valence-corrected chi connectivity index (χ4v) is 0.999. The van der Waals surface area contributed by atoms with Crippen LogP contribution in [0.2, 0.25) is 0 Å². The molecular formula is C9H13ClFN. The summed E-state index contributed by atoms with van der Waals surface area (Å²) in [5.41, 5.74) is 6.34. The topological polar surface area (TPSA) is 26.0 Å². The van der Waals surface area contributed by atoms with Gasteiger partial charge in [0, 0.05) is 0 Å². The number of rotatable bonds is 3. The first-order chi connectivity index (χ1) is 5.33. The molecule has 2 N–H and O–H groups in total. The van der Waals surface area contributed by atoms with Gasteiger partial charge in [-0.25, -0.2) is 4.39 Å². The van der Waals surface area contributed by atoms with E-state index in [9.17, 15) is 4.39 Å². The number of halogens is 2. The van der Waals surface area contributed by atoms with Crippen LogP contribution in [-0.4, -0.2) is 6.54 Å². The minimum absolute atomic E-state index is 0. The first-order valence-electron chi connectivity index (χ1n) is 3.77. The van der Waals surface area contributed by atoms with Gasteiger partial charge in [-0.15, -0.1) is 12.4 Å². The molecule has 12 heavy (non-hydrogen) atoms. The van der Waals surface area contributed by atoms with Gasteiger partial charge in [-0.05, 0) is 37.1 Å². The predicted octanol–water partition coefficient (Wildman–Crippen LogP) is 2.14. The lowest BCUT2D eigenvalue weighted by Crippen LogP contribution is -2.00. The second-order valence-corrected chi connectivity index (χ2v) is 2.52. The van der Waals surface area contributed by atoms with E-state index in [4.69, 9.17) is 5.73 Å². The number of hydrogen-bond acceptors (Lipinski definition) is 1. The molecule has 0 heterocycles. The van der Waals surface area contributed by atoms with E-state index < -0.39 is 0 Å². The highest BCUT2D eigenvalue weighted by Crippen LogP contribution is 2.05. The van der Waals surface area contributed by atoms with Crippen molar-refractivity contribution in [2.75, 3.05) is 6.54 Å². The Bertz CT molecular complexity index is 228. The third-order valence-corrected chi connectivity index (χ3v) is 1.56. The zero-order valence-electron chi connectivity index (χ0n) is 6.79. The molecule has 1 aromatic rings. The number of aryl methyl sites for hydroxylation is 1. The first kappa shape index (κ1) is 11.4. The molecule has 0 aliphatic rings. The molecular weight excluding hydrogens is 177 g/mol. The molecule has 0 fully saturated rings. The van der Waals surface area contributed by atoms with Crippen LogP contribution in [0, 0.1) is 5.82 Å². The fourth-order valence-electron chi connectivity index (χ4n) is 0.999. The lowest BCUT2D eigenvalue weighted by Gasteiger charge is -1.98. The Kier molecular flexibility index (Phi) is 5.68. The lowest BCUT2D eigenvalue weighted by atomic mass is 10.1. The Morgan fingerprint density at radius 2 is 2.08 bits per heavy atom. The second kappa shape index (κ2) is 5.98. The van der Waals surface area contributed by atoms with Crippen molar-refractivity contribution in [1.82, 2.24) is 0 Å². The summed E-state index contributed by atoms with van der Waals surface area (Å²) in [7, 11) is 0. The number of hydrogen-bond donors (Lipinski definition) is 1. The SMILES string of the molecule is Cl.NCCCc1cccc(F)c1. The summed E-state index contributed by atoms with van der Waals surface area (Å²) in [5.74, 6) is -0.167. The van der Waals surface area contributed by atoms with Crippen LogP contribution in [0.25, 0.3) is 0 Å².